The molecule has 0 spiro atoms. The van der Waals surface area contributed by atoms with Gasteiger partial charge in [-0.25, -0.2) is 4.79 Å². The Morgan fingerprint density at radius 2 is 1.55 bits per heavy atom. The normalized spacial score (nSPS) is 14.6. The highest BCUT2D eigenvalue weighted by molar-refractivity contribution is 6.08. The highest BCUT2D eigenvalue weighted by atomic mass is 19.4. The van der Waals surface area contributed by atoms with Gasteiger partial charge in [-0.1, -0.05) is 24.3 Å². The minimum atomic E-state index is -4.66. The molecule has 8 heteroatoms. The number of fused-ring (bicyclic) bond motifs is 1. The fraction of sp³-hybridized carbons (Fsp3) is 0.0714. The van der Waals surface area contributed by atoms with E-state index in [-0.39, 0.29) is 5.69 Å². The molecular formula is C14H10F3N3O2. The maximum absolute atomic E-state index is 13.1. The number of carbonyl (C=O) groups is 1. The number of amides is 2. The van der Waals surface area contributed by atoms with E-state index < -0.39 is 23.5 Å². The van der Waals surface area contributed by atoms with E-state index in [0.717, 1.165) is 12.1 Å². The number of nitrogens with one attached hydrogen (secondary N) is 1. The van der Waals surface area contributed by atoms with Crippen molar-refractivity contribution in [1.82, 2.24) is 0 Å². The van der Waals surface area contributed by atoms with Gasteiger partial charge in [0.1, 0.15) is 5.69 Å². The van der Waals surface area contributed by atoms with Crippen molar-refractivity contribution in [3.8, 4) is 0 Å². The van der Waals surface area contributed by atoms with Crippen molar-refractivity contribution in [3.05, 3.63) is 54.1 Å². The zero-order chi connectivity index (χ0) is 15.9. The highest BCUT2D eigenvalue weighted by Gasteiger charge is 2.39. The molecule has 0 atom stereocenters. The Morgan fingerprint density at radius 1 is 0.955 bits per heavy atom. The summed E-state index contributed by atoms with van der Waals surface area (Å²) in [6.45, 7) is 0. The molecule has 0 aliphatic carbocycles. The van der Waals surface area contributed by atoms with Gasteiger partial charge in [-0.15, -0.1) is 0 Å². The molecule has 1 aliphatic rings. The number of benzene rings is 2. The van der Waals surface area contributed by atoms with Crippen LogP contribution in [0.3, 0.4) is 0 Å². The number of rotatable bonds is 1. The second kappa shape index (κ2) is 4.92. The summed E-state index contributed by atoms with van der Waals surface area (Å²) in [5.74, 6) is 0. The molecule has 0 radical (unpaired) electrons. The van der Waals surface area contributed by atoms with Gasteiger partial charge in [-0.3, -0.25) is 5.21 Å². The second-order valence-electron chi connectivity index (χ2n) is 4.56. The molecule has 5 nitrogen and oxygen atoms in total. The topological polar surface area (TPSA) is 55.8 Å². The minimum Gasteiger partial charge on any atom is -0.304 e. The number of urea groups is 1. The molecule has 2 aromatic carbocycles. The van der Waals surface area contributed by atoms with Crippen LogP contribution >= 0.6 is 0 Å². The molecule has 2 amide bonds. The summed E-state index contributed by atoms with van der Waals surface area (Å²) in [4.78, 5) is 12.1. The number of hydrazine groups is 1. The zero-order valence-electron chi connectivity index (χ0n) is 11.0. The van der Waals surface area contributed by atoms with Crippen LogP contribution in [0.1, 0.15) is 5.56 Å². The third kappa shape index (κ3) is 2.23. The number of nitrogens with zero attached hydrogens (tertiary/aromatic N) is 2. The molecule has 114 valence electrons. The van der Waals surface area contributed by atoms with Crippen LogP contribution in [-0.4, -0.2) is 11.2 Å². The van der Waals surface area contributed by atoms with Crippen molar-refractivity contribution in [2.24, 2.45) is 0 Å². The van der Waals surface area contributed by atoms with E-state index in [1.165, 1.54) is 24.3 Å². The lowest BCUT2D eigenvalue weighted by molar-refractivity contribution is -0.137. The molecule has 0 aromatic heterocycles. The molecule has 1 aliphatic heterocycles. The summed E-state index contributed by atoms with van der Waals surface area (Å²) in [5, 5.41) is 13.5. The monoisotopic (exact) mass is 309 g/mol. The van der Waals surface area contributed by atoms with E-state index in [1.807, 2.05) is 0 Å². The standard InChI is InChI=1S/C14H10F3N3O2/c15-14(16,17)9-5-1-3-7-11(9)19-13(21)18-10-6-2-4-8-12(10)20(19)22/h1-8,22H,(H,18,21). The Kier molecular flexibility index (Phi) is 3.18. The van der Waals surface area contributed by atoms with Crippen molar-refractivity contribution >= 4 is 23.1 Å². The van der Waals surface area contributed by atoms with Crippen LogP contribution in [0.15, 0.2) is 48.5 Å². The summed E-state index contributed by atoms with van der Waals surface area (Å²) in [6, 6.07) is 9.85. The number of para-hydroxylation sites is 3. The second-order valence-corrected chi connectivity index (χ2v) is 4.56. The molecule has 0 bridgehead atoms. The van der Waals surface area contributed by atoms with Crippen LogP contribution in [0.2, 0.25) is 0 Å². The van der Waals surface area contributed by atoms with E-state index in [1.54, 1.807) is 12.1 Å². The Bertz CT molecular complexity index is 733. The van der Waals surface area contributed by atoms with E-state index >= 15 is 0 Å². The fourth-order valence-electron chi connectivity index (χ4n) is 2.23. The number of hydrogen-bond acceptors (Lipinski definition) is 3. The number of carbonyl (C=O) groups excluding carboxylic acids is 1. The third-order valence-electron chi connectivity index (χ3n) is 3.18. The van der Waals surface area contributed by atoms with Crippen molar-refractivity contribution in [1.29, 1.82) is 0 Å². The maximum Gasteiger partial charge on any atom is 0.418 e. The summed E-state index contributed by atoms with van der Waals surface area (Å²) in [7, 11) is 0. The number of hydrogen-bond donors (Lipinski definition) is 2. The van der Waals surface area contributed by atoms with E-state index in [0.29, 0.717) is 15.9 Å². The Morgan fingerprint density at radius 3 is 2.23 bits per heavy atom. The first-order valence-corrected chi connectivity index (χ1v) is 6.25. The minimum absolute atomic E-state index is 0.166. The van der Waals surface area contributed by atoms with Gasteiger partial charge < -0.3 is 5.32 Å². The van der Waals surface area contributed by atoms with E-state index in [2.05, 4.69) is 5.32 Å². The van der Waals surface area contributed by atoms with Crippen LogP contribution in [0.25, 0.3) is 0 Å². The average molecular weight is 309 g/mol. The zero-order valence-corrected chi connectivity index (χ0v) is 11.0. The molecule has 22 heavy (non-hydrogen) atoms. The van der Waals surface area contributed by atoms with Crippen molar-refractivity contribution in [2.45, 2.75) is 6.18 Å². The van der Waals surface area contributed by atoms with Gasteiger partial charge in [0.2, 0.25) is 0 Å². The maximum atomic E-state index is 13.1. The quantitative estimate of drug-likeness (QED) is 0.841. The summed E-state index contributed by atoms with van der Waals surface area (Å²) < 4.78 is 39.3. The van der Waals surface area contributed by atoms with Crippen LogP contribution in [-0.2, 0) is 6.18 Å². The van der Waals surface area contributed by atoms with E-state index in [9.17, 15) is 23.2 Å². The molecule has 0 unspecified atom stereocenters. The number of alkyl halides is 3. The average Bonchev–Trinajstić information content (AvgIpc) is 2.47. The summed E-state index contributed by atoms with van der Waals surface area (Å²) in [5.41, 5.74) is -1.03. The SMILES string of the molecule is O=C1Nc2ccccc2N(O)N1c1ccccc1C(F)(F)F. The van der Waals surface area contributed by atoms with E-state index in [4.69, 9.17) is 0 Å². The smallest absolute Gasteiger partial charge is 0.304 e. The molecule has 2 N–H and O–H groups in total. The van der Waals surface area contributed by atoms with Crippen LogP contribution in [0, 0.1) is 0 Å². The lowest BCUT2D eigenvalue weighted by Gasteiger charge is -2.37. The summed E-state index contributed by atoms with van der Waals surface area (Å²) in [6.07, 6.45) is -4.66. The van der Waals surface area contributed by atoms with Gasteiger partial charge in [-0.05, 0) is 24.3 Å². The molecule has 2 aromatic rings. The van der Waals surface area contributed by atoms with Gasteiger partial charge in [-0.2, -0.15) is 23.4 Å². The van der Waals surface area contributed by atoms with Gasteiger partial charge in [0.15, 0.2) is 0 Å². The molecule has 1 heterocycles. The number of halogens is 3. The first-order chi connectivity index (χ1) is 10.4. The number of anilines is 3. The molecule has 0 saturated carbocycles. The molecule has 3 rings (SSSR count). The van der Waals surface area contributed by atoms with Crippen molar-refractivity contribution < 1.29 is 23.2 Å². The van der Waals surface area contributed by atoms with Gasteiger partial charge in [0.05, 0.1) is 16.9 Å². The van der Waals surface area contributed by atoms with Crippen molar-refractivity contribution in [3.63, 3.8) is 0 Å². The highest BCUT2D eigenvalue weighted by Crippen LogP contribution is 2.40. The molecule has 0 saturated heterocycles. The predicted molar refractivity (Wildman–Crippen MR) is 73.6 cm³/mol. The van der Waals surface area contributed by atoms with Gasteiger partial charge >= 0.3 is 12.2 Å². The predicted octanol–water partition coefficient (Wildman–Crippen LogP) is 3.87. The van der Waals surface area contributed by atoms with Gasteiger partial charge in [0.25, 0.3) is 0 Å². The Balaban J connectivity index is 2.12. The first kappa shape index (κ1) is 14.2. The van der Waals surface area contributed by atoms with Crippen molar-refractivity contribution in [2.75, 3.05) is 15.5 Å². The van der Waals surface area contributed by atoms with Crippen LogP contribution in [0.5, 0.6) is 0 Å². The lowest BCUT2D eigenvalue weighted by Crippen LogP contribution is -2.51. The van der Waals surface area contributed by atoms with Crippen LogP contribution in [0.4, 0.5) is 35.0 Å². The fourth-order valence-corrected chi connectivity index (χ4v) is 2.23. The largest absolute Gasteiger partial charge is 0.418 e. The molecule has 0 fully saturated rings. The lowest BCUT2D eigenvalue weighted by atomic mass is 10.1. The first-order valence-electron chi connectivity index (χ1n) is 6.25. The molecular weight excluding hydrogens is 299 g/mol. The third-order valence-corrected chi connectivity index (χ3v) is 3.18. The Hall–Kier alpha value is -2.74. The van der Waals surface area contributed by atoms with Gasteiger partial charge in [0, 0.05) is 0 Å². The van der Waals surface area contributed by atoms with Crippen LogP contribution < -0.4 is 15.5 Å². The summed E-state index contributed by atoms with van der Waals surface area (Å²) >= 11 is 0. The Labute approximate surface area is 123 Å².